The van der Waals surface area contributed by atoms with Crippen LogP contribution in [0.4, 0.5) is 10.5 Å². The van der Waals surface area contributed by atoms with Crippen LogP contribution in [0.25, 0.3) is 0 Å². The molecule has 6 nitrogen and oxygen atoms in total. The topological polar surface area (TPSA) is 64.7 Å². The van der Waals surface area contributed by atoms with Crippen LogP contribution < -0.4 is 10.6 Å². The SMILES string of the molecule is CCC[C@H](C)NC(=O)N1CCN(CC(=O)Nc2ccccc2Cl)CC1. The fourth-order valence-electron chi connectivity index (χ4n) is 2.87. The van der Waals surface area contributed by atoms with Gasteiger partial charge < -0.3 is 15.5 Å². The summed E-state index contributed by atoms with van der Waals surface area (Å²) in [6, 6.07) is 7.36. The van der Waals surface area contributed by atoms with Crippen molar-refractivity contribution in [3.8, 4) is 0 Å². The maximum atomic E-state index is 12.2. The summed E-state index contributed by atoms with van der Waals surface area (Å²) in [6.45, 7) is 7.06. The van der Waals surface area contributed by atoms with Gasteiger partial charge in [0, 0.05) is 32.2 Å². The number of carbonyl (C=O) groups excluding carboxylic acids is 2. The first-order valence-electron chi connectivity index (χ1n) is 8.81. The van der Waals surface area contributed by atoms with Gasteiger partial charge in [-0.05, 0) is 25.5 Å². The van der Waals surface area contributed by atoms with E-state index in [2.05, 4.69) is 17.6 Å². The largest absolute Gasteiger partial charge is 0.336 e. The quantitative estimate of drug-likeness (QED) is 0.813. The van der Waals surface area contributed by atoms with Gasteiger partial charge in [0.15, 0.2) is 0 Å². The number of anilines is 1. The van der Waals surface area contributed by atoms with Gasteiger partial charge in [0.1, 0.15) is 0 Å². The summed E-state index contributed by atoms with van der Waals surface area (Å²) >= 11 is 6.05. The first-order chi connectivity index (χ1) is 12.0. The Hall–Kier alpha value is -1.79. The maximum absolute atomic E-state index is 12.2. The molecule has 7 heteroatoms. The summed E-state index contributed by atoms with van der Waals surface area (Å²) < 4.78 is 0. The Kier molecular flexibility index (Phi) is 7.52. The lowest BCUT2D eigenvalue weighted by Crippen LogP contribution is -2.54. The molecule has 1 atom stereocenters. The number of carbonyl (C=O) groups is 2. The Morgan fingerprint density at radius 1 is 1.20 bits per heavy atom. The lowest BCUT2D eigenvalue weighted by atomic mass is 10.2. The molecule has 2 N–H and O–H groups in total. The Labute approximate surface area is 154 Å². The number of urea groups is 1. The molecule has 1 fully saturated rings. The Morgan fingerprint density at radius 2 is 1.88 bits per heavy atom. The molecular weight excluding hydrogens is 340 g/mol. The number of rotatable bonds is 6. The number of piperazine rings is 1. The van der Waals surface area contributed by atoms with Gasteiger partial charge in [-0.25, -0.2) is 4.79 Å². The second-order valence-electron chi connectivity index (χ2n) is 6.43. The van der Waals surface area contributed by atoms with Crippen molar-refractivity contribution in [1.29, 1.82) is 0 Å². The number of nitrogens with one attached hydrogen (secondary N) is 2. The number of hydrogen-bond donors (Lipinski definition) is 2. The fourth-order valence-corrected chi connectivity index (χ4v) is 3.05. The number of benzene rings is 1. The lowest BCUT2D eigenvalue weighted by Gasteiger charge is -2.34. The molecule has 3 amide bonds. The van der Waals surface area contributed by atoms with Crippen LogP contribution in [-0.2, 0) is 4.79 Å². The smallest absolute Gasteiger partial charge is 0.317 e. The van der Waals surface area contributed by atoms with Crippen molar-refractivity contribution in [3.05, 3.63) is 29.3 Å². The van der Waals surface area contributed by atoms with E-state index in [1.807, 2.05) is 28.9 Å². The van der Waals surface area contributed by atoms with Crippen molar-refractivity contribution in [3.63, 3.8) is 0 Å². The van der Waals surface area contributed by atoms with E-state index in [9.17, 15) is 9.59 Å². The van der Waals surface area contributed by atoms with E-state index in [-0.39, 0.29) is 18.0 Å². The maximum Gasteiger partial charge on any atom is 0.317 e. The molecule has 0 saturated carbocycles. The summed E-state index contributed by atoms with van der Waals surface area (Å²) in [6.07, 6.45) is 2.03. The van der Waals surface area contributed by atoms with Gasteiger partial charge in [0.2, 0.25) is 5.91 Å². The Balaban J connectivity index is 1.74. The van der Waals surface area contributed by atoms with E-state index in [0.29, 0.717) is 43.4 Å². The summed E-state index contributed by atoms with van der Waals surface area (Å²) in [5, 5.41) is 6.37. The zero-order chi connectivity index (χ0) is 18.2. The monoisotopic (exact) mass is 366 g/mol. The highest BCUT2D eigenvalue weighted by Crippen LogP contribution is 2.20. The van der Waals surface area contributed by atoms with E-state index in [1.54, 1.807) is 12.1 Å². The van der Waals surface area contributed by atoms with Gasteiger partial charge in [-0.3, -0.25) is 9.69 Å². The van der Waals surface area contributed by atoms with Crippen molar-refractivity contribution in [2.75, 3.05) is 38.0 Å². The van der Waals surface area contributed by atoms with Crippen molar-refractivity contribution in [1.82, 2.24) is 15.1 Å². The molecule has 0 radical (unpaired) electrons. The average molecular weight is 367 g/mol. The molecule has 0 unspecified atom stereocenters. The molecule has 1 saturated heterocycles. The van der Waals surface area contributed by atoms with Gasteiger partial charge in [-0.2, -0.15) is 0 Å². The zero-order valence-electron chi connectivity index (χ0n) is 14.9. The van der Waals surface area contributed by atoms with Gasteiger partial charge in [-0.1, -0.05) is 37.1 Å². The van der Waals surface area contributed by atoms with Crippen molar-refractivity contribution < 1.29 is 9.59 Å². The number of amides is 3. The Bertz CT molecular complexity index is 588. The normalized spacial score (nSPS) is 16.4. The molecule has 25 heavy (non-hydrogen) atoms. The number of nitrogens with zero attached hydrogens (tertiary/aromatic N) is 2. The minimum atomic E-state index is -0.0948. The van der Waals surface area contributed by atoms with Crippen LogP contribution in [0.1, 0.15) is 26.7 Å². The predicted molar refractivity (Wildman–Crippen MR) is 101 cm³/mol. The van der Waals surface area contributed by atoms with E-state index < -0.39 is 0 Å². The molecule has 1 heterocycles. The van der Waals surface area contributed by atoms with E-state index in [0.717, 1.165) is 12.8 Å². The highest BCUT2D eigenvalue weighted by Gasteiger charge is 2.23. The first kappa shape index (κ1) is 19.5. The van der Waals surface area contributed by atoms with E-state index >= 15 is 0 Å². The number of hydrogen-bond acceptors (Lipinski definition) is 3. The molecule has 2 rings (SSSR count). The minimum Gasteiger partial charge on any atom is -0.336 e. The van der Waals surface area contributed by atoms with Gasteiger partial charge >= 0.3 is 6.03 Å². The van der Waals surface area contributed by atoms with Crippen LogP contribution in [0.15, 0.2) is 24.3 Å². The van der Waals surface area contributed by atoms with Crippen LogP contribution >= 0.6 is 11.6 Å². The van der Waals surface area contributed by atoms with E-state index in [4.69, 9.17) is 11.6 Å². The summed E-state index contributed by atoms with van der Waals surface area (Å²) in [5.41, 5.74) is 0.622. The number of para-hydroxylation sites is 1. The summed E-state index contributed by atoms with van der Waals surface area (Å²) in [7, 11) is 0. The second kappa shape index (κ2) is 9.63. The average Bonchev–Trinajstić information content (AvgIpc) is 2.57. The fraction of sp³-hybridized carbons (Fsp3) is 0.556. The molecule has 0 aliphatic carbocycles. The van der Waals surface area contributed by atoms with Crippen LogP contribution in [0.2, 0.25) is 5.02 Å². The third-order valence-electron chi connectivity index (χ3n) is 4.27. The molecule has 138 valence electrons. The van der Waals surface area contributed by atoms with Crippen molar-refractivity contribution >= 4 is 29.2 Å². The molecule has 0 bridgehead atoms. The van der Waals surface area contributed by atoms with Crippen LogP contribution in [0, 0.1) is 0 Å². The van der Waals surface area contributed by atoms with Gasteiger partial charge in [0.25, 0.3) is 0 Å². The summed E-state index contributed by atoms with van der Waals surface area (Å²) in [4.78, 5) is 28.2. The molecule has 1 aromatic rings. The molecule has 1 aliphatic rings. The summed E-state index contributed by atoms with van der Waals surface area (Å²) in [5.74, 6) is -0.0948. The molecular formula is C18H27ClN4O2. The highest BCUT2D eigenvalue weighted by molar-refractivity contribution is 6.33. The second-order valence-corrected chi connectivity index (χ2v) is 6.84. The highest BCUT2D eigenvalue weighted by atomic mass is 35.5. The third-order valence-corrected chi connectivity index (χ3v) is 4.60. The Morgan fingerprint density at radius 3 is 2.52 bits per heavy atom. The first-order valence-corrected chi connectivity index (χ1v) is 9.19. The molecule has 0 aromatic heterocycles. The van der Waals surface area contributed by atoms with Crippen LogP contribution in [-0.4, -0.2) is 60.5 Å². The van der Waals surface area contributed by atoms with E-state index in [1.165, 1.54) is 0 Å². The predicted octanol–water partition coefficient (Wildman–Crippen LogP) is 2.79. The third kappa shape index (κ3) is 6.21. The van der Waals surface area contributed by atoms with Crippen LogP contribution in [0.3, 0.4) is 0 Å². The van der Waals surface area contributed by atoms with Gasteiger partial charge in [-0.15, -0.1) is 0 Å². The van der Waals surface area contributed by atoms with Gasteiger partial charge in [0.05, 0.1) is 17.3 Å². The van der Waals surface area contributed by atoms with Crippen LogP contribution in [0.5, 0.6) is 0 Å². The minimum absolute atomic E-state index is 0.0129. The molecule has 0 spiro atoms. The standard InChI is InChI=1S/C18H27ClN4O2/c1-3-6-14(2)20-18(25)23-11-9-22(10-12-23)13-17(24)21-16-8-5-4-7-15(16)19/h4-5,7-8,14H,3,6,9-13H2,1-2H3,(H,20,25)(H,21,24)/t14-/m0/s1. The van der Waals surface area contributed by atoms with Crippen molar-refractivity contribution in [2.24, 2.45) is 0 Å². The number of halogens is 1. The lowest BCUT2D eigenvalue weighted by molar-refractivity contribution is -0.117. The van der Waals surface area contributed by atoms with Crippen molar-refractivity contribution in [2.45, 2.75) is 32.7 Å². The molecule has 1 aliphatic heterocycles. The zero-order valence-corrected chi connectivity index (χ0v) is 15.7. The molecule has 1 aromatic carbocycles.